The van der Waals surface area contributed by atoms with Crippen molar-refractivity contribution in [3.63, 3.8) is 0 Å². The fourth-order valence-electron chi connectivity index (χ4n) is 2.36. The molecule has 0 aliphatic heterocycles. The molecule has 1 aliphatic carbocycles. The third-order valence-electron chi connectivity index (χ3n) is 3.13. The summed E-state index contributed by atoms with van der Waals surface area (Å²) in [6.07, 6.45) is 8.09. The molecule has 1 fully saturated rings. The van der Waals surface area contributed by atoms with Gasteiger partial charge in [0.15, 0.2) is 0 Å². The van der Waals surface area contributed by atoms with Crippen molar-refractivity contribution in [2.75, 3.05) is 13.2 Å². The van der Waals surface area contributed by atoms with Gasteiger partial charge in [-0.25, -0.2) is 0 Å². The number of aliphatic hydroxyl groups excluding tert-OH is 1. The largest absolute Gasteiger partial charge is 0.395 e. The quantitative estimate of drug-likeness (QED) is 0.656. The summed E-state index contributed by atoms with van der Waals surface area (Å²) in [6, 6.07) is 0.350. The van der Waals surface area contributed by atoms with Crippen LogP contribution in [0.4, 0.5) is 0 Å². The van der Waals surface area contributed by atoms with Gasteiger partial charge in [-0.2, -0.15) is 0 Å². The van der Waals surface area contributed by atoms with Gasteiger partial charge in [0, 0.05) is 6.04 Å². The van der Waals surface area contributed by atoms with E-state index >= 15 is 0 Å². The SMILES string of the molecule is CCNC(CO)C1CCCCCC1. The first-order chi connectivity index (χ1) is 6.38. The third kappa shape index (κ3) is 3.65. The number of hydrogen-bond donors (Lipinski definition) is 2. The third-order valence-corrected chi connectivity index (χ3v) is 3.13. The highest BCUT2D eigenvalue weighted by molar-refractivity contribution is 4.77. The van der Waals surface area contributed by atoms with Crippen LogP contribution in [0.2, 0.25) is 0 Å². The molecule has 1 atom stereocenters. The Morgan fingerprint density at radius 1 is 1.23 bits per heavy atom. The van der Waals surface area contributed by atoms with Crippen LogP contribution in [-0.2, 0) is 0 Å². The molecule has 2 nitrogen and oxygen atoms in total. The second-order valence-electron chi connectivity index (χ2n) is 4.10. The first-order valence-corrected chi connectivity index (χ1v) is 5.72. The zero-order chi connectivity index (χ0) is 9.52. The Kier molecular flexibility index (Phi) is 5.40. The average molecular weight is 185 g/mol. The minimum atomic E-state index is 0.304. The van der Waals surface area contributed by atoms with Gasteiger partial charge >= 0.3 is 0 Å². The lowest BCUT2D eigenvalue weighted by molar-refractivity contribution is 0.189. The Labute approximate surface area is 81.7 Å². The van der Waals surface area contributed by atoms with Crippen molar-refractivity contribution >= 4 is 0 Å². The van der Waals surface area contributed by atoms with Crippen molar-refractivity contribution in [1.29, 1.82) is 0 Å². The molecule has 0 spiro atoms. The number of nitrogens with one attached hydrogen (secondary N) is 1. The number of rotatable bonds is 4. The molecule has 0 saturated heterocycles. The van der Waals surface area contributed by atoms with E-state index in [9.17, 15) is 5.11 Å². The van der Waals surface area contributed by atoms with Gasteiger partial charge in [-0.15, -0.1) is 0 Å². The Morgan fingerprint density at radius 3 is 2.31 bits per heavy atom. The molecule has 0 amide bonds. The molecule has 0 heterocycles. The highest BCUT2D eigenvalue weighted by Crippen LogP contribution is 2.25. The molecule has 0 aromatic rings. The molecular weight excluding hydrogens is 162 g/mol. The molecule has 1 aliphatic rings. The first-order valence-electron chi connectivity index (χ1n) is 5.72. The van der Waals surface area contributed by atoms with Crippen molar-refractivity contribution in [3.8, 4) is 0 Å². The van der Waals surface area contributed by atoms with E-state index in [1.807, 2.05) is 0 Å². The monoisotopic (exact) mass is 185 g/mol. The van der Waals surface area contributed by atoms with E-state index in [0.717, 1.165) is 6.54 Å². The standard InChI is InChI=1S/C11H23NO/c1-2-12-11(9-13)10-7-5-3-4-6-8-10/h10-13H,2-9H2,1H3. The lowest BCUT2D eigenvalue weighted by Crippen LogP contribution is -2.39. The Hall–Kier alpha value is -0.0800. The molecule has 0 bridgehead atoms. The molecule has 1 rings (SSSR count). The van der Waals surface area contributed by atoms with Crippen molar-refractivity contribution in [2.24, 2.45) is 5.92 Å². The van der Waals surface area contributed by atoms with Crippen LogP contribution >= 0.6 is 0 Å². The van der Waals surface area contributed by atoms with Crippen LogP contribution in [0.3, 0.4) is 0 Å². The van der Waals surface area contributed by atoms with Crippen LogP contribution < -0.4 is 5.32 Å². The van der Waals surface area contributed by atoms with E-state index in [4.69, 9.17) is 0 Å². The van der Waals surface area contributed by atoms with Crippen LogP contribution in [-0.4, -0.2) is 24.3 Å². The maximum absolute atomic E-state index is 9.24. The van der Waals surface area contributed by atoms with E-state index in [1.54, 1.807) is 0 Å². The van der Waals surface area contributed by atoms with Crippen LogP contribution in [0.5, 0.6) is 0 Å². The predicted octanol–water partition coefficient (Wildman–Crippen LogP) is 1.93. The van der Waals surface area contributed by atoms with Crippen molar-refractivity contribution < 1.29 is 5.11 Å². The molecule has 2 heteroatoms. The second-order valence-corrected chi connectivity index (χ2v) is 4.10. The van der Waals surface area contributed by atoms with Crippen molar-refractivity contribution in [1.82, 2.24) is 5.32 Å². The van der Waals surface area contributed by atoms with Crippen LogP contribution in [0.25, 0.3) is 0 Å². The average Bonchev–Trinajstić information content (AvgIpc) is 2.42. The molecule has 78 valence electrons. The van der Waals surface area contributed by atoms with Gasteiger partial charge in [0.1, 0.15) is 0 Å². The summed E-state index contributed by atoms with van der Waals surface area (Å²) in [4.78, 5) is 0. The maximum atomic E-state index is 9.24. The second kappa shape index (κ2) is 6.39. The summed E-state index contributed by atoms with van der Waals surface area (Å²) in [6.45, 7) is 3.39. The van der Waals surface area contributed by atoms with Gasteiger partial charge in [0.25, 0.3) is 0 Å². The van der Waals surface area contributed by atoms with Crippen molar-refractivity contribution in [3.05, 3.63) is 0 Å². The summed E-state index contributed by atoms with van der Waals surface area (Å²) in [5.74, 6) is 0.715. The Morgan fingerprint density at radius 2 is 1.85 bits per heavy atom. The molecule has 2 N–H and O–H groups in total. The van der Waals surface area contributed by atoms with Crippen LogP contribution in [0.1, 0.15) is 45.4 Å². The summed E-state index contributed by atoms with van der Waals surface area (Å²) < 4.78 is 0. The summed E-state index contributed by atoms with van der Waals surface area (Å²) in [5.41, 5.74) is 0. The summed E-state index contributed by atoms with van der Waals surface area (Å²) >= 11 is 0. The zero-order valence-corrected chi connectivity index (χ0v) is 8.76. The fraction of sp³-hybridized carbons (Fsp3) is 1.00. The minimum absolute atomic E-state index is 0.304. The smallest absolute Gasteiger partial charge is 0.0587 e. The fourth-order valence-corrected chi connectivity index (χ4v) is 2.36. The maximum Gasteiger partial charge on any atom is 0.0587 e. The topological polar surface area (TPSA) is 32.3 Å². The minimum Gasteiger partial charge on any atom is -0.395 e. The van der Waals surface area contributed by atoms with E-state index in [0.29, 0.717) is 18.6 Å². The highest BCUT2D eigenvalue weighted by atomic mass is 16.3. The molecule has 0 aromatic carbocycles. The lowest BCUT2D eigenvalue weighted by atomic mass is 9.92. The number of hydrogen-bond acceptors (Lipinski definition) is 2. The molecule has 1 saturated carbocycles. The van der Waals surface area contributed by atoms with Gasteiger partial charge in [-0.1, -0.05) is 32.6 Å². The van der Waals surface area contributed by atoms with E-state index in [2.05, 4.69) is 12.2 Å². The van der Waals surface area contributed by atoms with E-state index in [-0.39, 0.29) is 0 Å². The molecule has 13 heavy (non-hydrogen) atoms. The Bertz CT molecular complexity index is 119. The van der Waals surface area contributed by atoms with Gasteiger partial charge in [-0.05, 0) is 25.3 Å². The zero-order valence-electron chi connectivity index (χ0n) is 8.76. The predicted molar refractivity (Wildman–Crippen MR) is 55.7 cm³/mol. The highest BCUT2D eigenvalue weighted by Gasteiger charge is 2.20. The molecule has 1 unspecified atom stereocenters. The van der Waals surface area contributed by atoms with Gasteiger partial charge < -0.3 is 10.4 Å². The molecular formula is C11H23NO. The van der Waals surface area contributed by atoms with Crippen molar-refractivity contribution in [2.45, 2.75) is 51.5 Å². The Balaban J connectivity index is 2.35. The van der Waals surface area contributed by atoms with E-state index in [1.165, 1.54) is 38.5 Å². The van der Waals surface area contributed by atoms with Gasteiger partial charge in [0.2, 0.25) is 0 Å². The lowest BCUT2D eigenvalue weighted by Gasteiger charge is -2.24. The molecule has 0 aromatic heterocycles. The summed E-state index contributed by atoms with van der Waals surface area (Å²) in [5, 5.41) is 12.6. The van der Waals surface area contributed by atoms with Gasteiger partial charge in [-0.3, -0.25) is 0 Å². The van der Waals surface area contributed by atoms with Crippen LogP contribution in [0.15, 0.2) is 0 Å². The summed E-state index contributed by atoms with van der Waals surface area (Å²) in [7, 11) is 0. The van der Waals surface area contributed by atoms with Gasteiger partial charge in [0.05, 0.1) is 6.61 Å². The molecule has 0 radical (unpaired) electrons. The normalized spacial score (nSPS) is 22.6. The number of likely N-dealkylation sites (N-methyl/N-ethyl adjacent to an activating group) is 1. The number of aliphatic hydroxyl groups is 1. The van der Waals surface area contributed by atoms with E-state index < -0.39 is 0 Å². The first kappa shape index (κ1) is 11.0. The van der Waals surface area contributed by atoms with Crippen LogP contribution in [0, 0.1) is 5.92 Å².